The summed E-state index contributed by atoms with van der Waals surface area (Å²) in [7, 11) is 0. The number of carbonyl (C=O) groups excluding carboxylic acids is 3. The minimum atomic E-state index is -0.228. The minimum Gasteiger partial charge on any atom is -0.368 e. The summed E-state index contributed by atoms with van der Waals surface area (Å²) < 4.78 is 1.26. The molecule has 0 spiro atoms. The zero-order valence-electron chi connectivity index (χ0n) is 19.5. The number of amides is 3. The summed E-state index contributed by atoms with van der Waals surface area (Å²) >= 11 is 6.32. The van der Waals surface area contributed by atoms with Gasteiger partial charge in [-0.2, -0.15) is 4.68 Å². The van der Waals surface area contributed by atoms with Crippen LogP contribution in [0.4, 0.5) is 16.3 Å². The number of nitrogens with zero attached hydrogens (tertiary/aromatic N) is 6. The minimum absolute atomic E-state index is 0.111. The Morgan fingerprint density at radius 2 is 1.62 bits per heavy atom. The molecule has 3 amide bonds. The molecular formula is C23H30ClN7O3. The molecule has 0 aliphatic carbocycles. The number of hydrogen-bond acceptors (Lipinski definition) is 6. The van der Waals surface area contributed by atoms with Gasteiger partial charge in [-0.05, 0) is 17.7 Å². The van der Waals surface area contributed by atoms with Crippen molar-refractivity contribution in [3.05, 3.63) is 41.0 Å². The quantitative estimate of drug-likeness (QED) is 0.708. The van der Waals surface area contributed by atoms with Gasteiger partial charge in [-0.3, -0.25) is 14.5 Å². The molecule has 0 bridgehead atoms. The van der Waals surface area contributed by atoms with Crippen molar-refractivity contribution in [1.82, 2.24) is 24.5 Å². The van der Waals surface area contributed by atoms with Crippen LogP contribution in [-0.4, -0.2) is 94.7 Å². The van der Waals surface area contributed by atoms with E-state index in [-0.39, 0.29) is 17.8 Å². The molecule has 2 aliphatic heterocycles. The Morgan fingerprint density at radius 1 is 0.941 bits per heavy atom. The number of hydrogen-bond donors (Lipinski definition) is 1. The van der Waals surface area contributed by atoms with Gasteiger partial charge in [0, 0.05) is 95.7 Å². The van der Waals surface area contributed by atoms with Gasteiger partial charge in [0.05, 0.1) is 0 Å². The lowest BCUT2D eigenvalue weighted by Gasteiger charge is -2.38. The Morgan fingerprint density at radius 3 is 2.26 bits per heavy atom. The van der Waals surface area contributed by atoms with Gasteiger partial charge >= 0.3 is 6.03 Å². The number of halogens is 1. The van der Waals surface area contributed by atoms with E-state index in [2.05, 4.69) is 26.3 Å². The van der Waals surface area contributed by atoms with Crippen LogP contribution in [0.2, 0.25) is 5.02 Å². The summed E-state index contributed by atoms with van der Waals surface area (Å²) in [6, 6.07) is 7.39. The first-order valence-electron chi connectivity index (χ1n) is 11.4. The van der Waals surface area contributed by atoms with Crippen LogP contribution in [0, 0.1) is 0 Å². The van der Waals surface area contributed by atoms with Gasteiger partial charge in [0.25, 0.3) is 0 Å². The summed E-state index contributed by atoms with van der Waals surface area (Å²) in [6.07, 6.45) is 1.56. The maximum absolute atomic E-state index is 12.8. The molecule has 11 heteroatoms. The van der Waals surface area contributed by atoms with E-state index in [0.29, 0.717) is 37.0 Å². The average molecular weight is 488 g/mol. The van der Waals surface area contributed by atoms with Gasteiger partial charge in [0.15, 0.2) is 5.82 Å². The second kappa shape index (κ2) is 10.4. The molecule has 0 unspecified atom stereocenters. The number of carbonyl (C=O) groups is 3. The fourth-order valence-corrected chi connectivity index (χ4v) is 4.55. The highest BCUT2D eigenvalue weighted by atomic mass is 35.5. The number of piperazine rings is 2. The van der Waals surface area contributed by atoms with Crippen molar-refractivity contribution in [2.75, 3.05) is 62.6 Å². The second-order valence-electron chi connectivity index (χ2n) is 8.64. The molecule has 2 aromatic rings. The predicted octanol–water partition coefficient (Wildman–Crippen LogP) is 1.95. The molecule has 0 radical (unpaired) electrons. The zero-order chi connectivity index (χ0) is 24.2. The molecule has 182 valence electrons. The molecule has 1 aromatic carbocycles. The maximum Gasteiger partial charge on any atom is 0.344 e. The lowest BCUT2D eigenvalue weighted by Crippen LogP contribution is -2.50. The first-order chi connectivity index (χ1) is 16.3. The zero-order valence-corrected chi connectivity index (χ0v) is 20.3. The first-order valence-corrected chi connectivity index (χ1v) is 11.8. The largest absolute Gasteiger partial charge is 0.368 e. The van der Waals surface area contributed by atoms with E-state index < -0.39 is 0 Å². The summed E-state index contributed by atoms with van der Waals surface area (Å²) in [6.45, 7) is 9.41. The molecule has 10 nitrogen and oxygen atoms in total. The second-order valence-corrected chi connectivity index (χ2v) is 9.08. The van der Waals surface area contributed by atoms with Crippen LogP contribution < -0.4 is 10.2 Å². The van der Waals surface area contributed by atoms with Gasteiger partial charge in [-0.1, -0.05) is 17.7 Å². The van der Waals surface area contributed by atoms with Crippen LogP contribution in [0.25, 0.3) is 0 Å². The van der Waals surface area contributed by atoms with Gasteiger partial charge < -0.3 is 20.0 Å². The highest BCUT2D eigenvalue weighted by Gasteiger charge is 2.25. The molecule has 0 saturated carbocycles. The molecule has 1 N–H and O–H groups in total. The Kier molecular flexibility index (Phi) is 7.38. The van der Waals surface area contributed by atoms with Crippen LogP contribution in [0.3, 0.4) is 0 Å². The van der Waals surface area contributed by atoms with Crippen LogP contribution in [0.1, 0.15) is 19.4 Å². The van der Waals surface area contributed by atoms with E-state index in [1.54, 1.807) is 24.1 Å². The standard InChI is InChI=1S/C23H30ClN7O3/c1-17(32)25-22-5-6-31(26-22)23(34)30-9-7-27(8-10-30)16-19-3-4-20(24)15-21(19)29-13-11-28(12-14-29)18(2)33/h3-6,15H,7-14,16H2,1-2H3,(H,25,26,32). The number of anilines is 2. The Balaban J connectivity index is 1.35. The summed E-state index contributed by atoms with van der Waals surface area (Å²) in [4.78, 5) is 43.9. The van der Waals surface area contributed by atoms with Crippen molar-refractivity contribution in [2.45, 2.75) is 20.4 Å². The smallest absolute Gasteiger partial charge is 0.344 e. The van der Waals surface area contributed by atoms with Crippen molar-refractivity contribution in [2.24, 2.45) is 0 Å². The lowest BCUT2D eigenvalue weighted by atomic mass is 10.1. The summed E-state index contributed by atoms with van der Waals surface area (Å²) in [5.74, 6) is 0.243. The topological polar surface area (TPSA) is 94.0 Å². The third-order valence-electron chi connectivity index (χ3n) is 6.24. The molecule has 2 aliphatic rings. The molecule has 1 aromatic heterocycles. The molecule has 4 rings (SSSR count). The number of nitrogens with one attached hydrogen (secondary N) is 1. The van der Waals surface area contributed by atoms with E-state index in [0.717, 1.165) is 38.4 Å². The van der Waals surface area contributed by atoms with Gasteiger partial charge in [-0.25, -0.2) is 4.79 Å². The number of rotatable bonds is 4. The van der Waals surface area contributed by atoms with Crippen molar-refractivity contribution < 1.29 is 14.4 Å². The SMILES string of the molecule is CC(=O)Nc1ccn(C(=O)N2CCN(Cc3ccc(Cl)cc3N3CCN(C(C)=O)CC3)CC2)n1. The van der Waals surface area contributed by atoms with Crippen LogP contribution in [-0.2, 0) is 16.1 Å². The van der Waals surface area contributed by atoms with Crippen molar-refractivity contribution >= 4 is 41.0 Å². The summed E-state index contributed by atoms with van der Waals surface area (Å²) in [5.41, 5.74) is 2.30. The molecule has 34 heavy (non-hydrogen) atoms. The van der Waals surface area contributed by atoms with Crippen molar-refractivity contribution in [3.8, 4) is 0 Å². The third kappa shape index (κ3) is 5.68. The summed E-state index contributed by atoms with van der Waals surface area (Å²) in [5, 5.41) is 7.41. The third-order valence-corrected chi connectivity index (χ3v) is 6.47. The molecular weight excluding hydrogens is 458 g/mol. The normalized spacial score (nSPS) is 17.1. The highest BCUT2D eigenvalue weighted by Crippen LogP contribution is 2.27. The molecule has 2 saturated heterocycles. The van der Waals surface area contributed by atoms with E-state index in [9.17, 15) is 14.4 Å². The Labute approximate surface area is 204 Å². The lowest BCUT2D eigenvalue weighted by molar-refractivity contribution is -0.129. The Hall–Kier alpha value is -3.11. The van der Waals surface area contributed by atoms with Crippen LogP contribution in [0.5, 0.6) is 0 Å². The van der Waals surface area contributed by atoms with Crippen LogP contribution in [0.15, 0.2) is 30.5 Å². The van der Waals surface area contributed by atoms with E-state index in [1.165, 1.54) is 17.2 Å². The number of benzene rings is 1. The molecule has 3 heterocycles. The fourth-order valence-electron chi connectivity index (χ4n) is 4.39. The highest BCUT2D eigenvalue weighted by molar-refractivity contribution is 6.30. The van der Waals surface area contributed by atoms with Crippen molar-refractivity contribution in [3.63, 3.8) is 0 Å². The fraction of sp³-hybridized carbons (Fsp3) is 0.478. The van der Waals surface area contributed by atoms with E-state index >= 15 is 0 Å². The van der Waals surface area contributed by atoms with Crippen LogP contribution >= 0.6 is 11.6 Å². The predicted molar refractivity (Wildman–Crippen MR) is 130 cm³/mol. The maximum atomic E-state index is 12.8. The van der Waals surface area contributed by atoms with Gasteiger partial charge in [0.1, 0.15) is 0 Å². The monoisotopic (exact) mass is 487 g/mol. The van der Waals surface area contributed by atoms with Gasteiger partial charge in [0.2, 0.25) is 11.8 Å². The number of aromatic nitrogens is 2. The molecule has 2 fully saturated rings. The Bertz CT molecular complexity index is 1060. The molecule has 0 atom stereocenters. The van der Waals surface area contributed by atoms with Gasteiger partial charge in [-0.15, -0.1) is 5.10 Å². The first kappa shape index (κ1) is 24.0. The van der Waals surface area contributed by atoms with E-state index in [1.807, 2.05) is 17.0 Å². The van der Waals surface area contributed by atoms with Crippen molar-refractivity contribution in [1.29, 1.82) is 0 Å². The van der Waals surface area contributed by atoms with E-state index in [4.69, 9.17) is 11.6 Å². The average Bonchev–Trinajstić information content (AvgIpc) is 3.28.